The molecule has 4 aromatic carbocycles. The van der Waals surface area contributed by atoms with Crippen molar-refractivity contribution in [2.45, 2.75) is 143 Å². The maximum absolute atomic E-state index is 12.7. The summed E-state index contributed by atoms with van der Waals surface area (Å²) in [5.74, 6) is -0.609. The zero-order valence-electron chi connectivity index (χ0n) is 36.6. The van der Waals surface area contributed by atoms with Crippen molar-refractivity contribution in [3.63, 3.8) is 0 Å². The van der Waals surface area contributed by atoms with Gasteiger partial charge in [0.2, 0.25) is 0 Å². The lowest BCUT2D eigenvalue weighted by Gasteiger charge is -2.40. The molecule has 0 saturated heterocycles. The third kappa shape index (κ3) is 11.8. The second-order valence-electron chi connectivity index (χ2n) is 17.7. The van der Waals surface area contributed by atoms with Gasteiger partial charge in [0.25, 0.3) is 0 Å². The summed E-state index contributed by atoms with van der Waals surface area (Å²) in [7, 11) is 0. The number of carbonyl (C=O) groups is 2. The minimum absolute atomic E-state index is 0.173. The van der Waals surface area contributed by atoms with Crippen LogP contribution in [0.25, 0.3) is 22.3 Å². The van der Waals surface area contributed by atoms with Gasteiger partial charge in [-0.2, -0.15) is 10.5 Å². The van der Waals surface area contributed by atoms with Gasteiger partial charge < -0.3 is 9.84 Å². The molecule has 5 unspecified atom stereocenters. The van der Waals surface area contributed by atoms with Crippen LogP contribution in [0.3, 0.4) is 0 Å². The van der Waals surface area contributed by atoms with E-state index in [1.165, 1.54) is 68.1 Å². The zero-order valence-corrected chi connectivity index (χ0v) is 36.6. The fourth-order valence-electron chi connectivity index (χ4n) is 9.46. The van der Waals surface area contributed by atoms with Gasteiger partial charge in [-0.1, -0.05) is 170 Å². The molecule has 2 fully saturated rings. The Kier molecular flexibility index (Phi) is 17.1. The van der Waals surface area contributed by atoms with Crippen LogP contribution in [0.1, 0.15) is 147 Å². The van der Waals surface area contributed by atoms with Crippen LogP contribution < -0.4 is 4.74 Å². The first-order valence-electron chi connectivity index (χ1n) is 22.7. The Hall–Kier alpha value is -5.20. The number of unbranched alkanes of at least 4 members (excludes halogenated alkanes) is 6. The van der Waals surface area contributed by atoms with Crippen molar-refractivity contribution in [2.24, 2.45) is 22.7 Å². The SMILES string of the molecule is CCCCCCCc1ccc(-c2ccc(C3C(C)CCCC3(C#N)C(=O)O)cc2)cc1.CCCCCc1ccc(-c2ccc(OC(=O)C3(C#N)CCCC(C)C3)cc2)cc1. The highest BCUT2D eigenvalue weighted by molar-refractivity contribution is 5.82. The first-order valence-corrected chi connectivity index (χ1v) is 22.7. The van der Waals surface area contributed by atoms with E-state index in [-0.39, 0.29) is 11.8 Å². The normalized spacial score (nSPS) is 22.3. The average molecular weight is 807 g/mol. The molecule has 6 heteroatoms. The summed E-state index contributed by atoms with van der Waals surface area (Å²) >= 11 is 0. The number of aliphatic carboxylic acids is 1. The van der Waals surface area contributed by atoms with Crippen LogP contribution in [0.5, 0.6) is 5.75 Å². The number of nitrogens with zero attached hydrogens (tertiary/aromatic N) is 2. The molecule has 0 spiro atoms. The lowest BCUT2D eigenvalue weighted by atomic mass is 9.60. The van der Waals surface area contributed by atoms with E-state index in [0.717, 1.165) is 60.8 Å². The van der Waals surface area contributed by atoms with Crippen LogP contribution in [0.4, 0.5) is 0 Å². The predicted molar refractivity (Wildman–Crippen MR) is 242 cm³/mol. The molecule has 0 aromatic heterocycles. The fourth-order valence-corrected chi connectivity index (χ4v) is 9.46. The summed E-state index contributed by atoms with van der Waals surface area (Å²) in [6.45, 7) is 8.64. The van der Waals surface area contributed by atoms with E-state index < -0.39 is 22.8 Å². The molecule has 2 saturated carbocycles. The van der Waals surface area contributed by atoms with Crippen molar-refractivity contribution in [1.29, 1.82) is 10.5 Å². The summed E-state index contributed by atoms with van der Waals surface area (Å²) < 4.78 is 5.60. The molecule has 0 heterocycles. The van der Waals surface area contributed by atoms with Gasteiger partial charge >= 0.3 is 11.9 Å². The highest BCUT2D eigenvalue weighted by Gasteiger charge is 2.51. The van der Waals surface area contributed by atoms with E-state index in [4.69, 9.17) is 4.74 Å². The zero-order chi connectivity index (χ0) is 43.0. The summed E-state index contributed by atoms with van der Waals surface area (Å²) in [5, 5.41) is 29.3. The minimum Gasteiger partial charge on any atom is -0.480 e. The maximum atomic E-state index is 12.7. The van der Waals surface area contributed by atoms with Gasteiger partial charge in [0, 0.05) is 5.92 Å². The molecule has 60 heavy (non-hydrogen) atoms. The largest absolute Gasteiger partial charge is 0.480 e. The molecule has 1 N–H and O–H groups in total. The van der Waals surface area contributed by atoms with E-state index in [1.54, 1.807) is 0 Å². The van der Waals surface area contributed by atoms with Crippen molar-refractivity contribution < 1.29 is 19.4 Å². The minimum atomic E-state index is -1.32. The van der Waals surface area contributed by atoms with E-state index in [2.05, 4.69) is 100 Å². The van der Waals surface area contributed by atoms with Crippen molar-refractivity contribution in [3.05, 3.63) is 114 Å². The van der Waals surface area contributed by atoms with Gasteiger partial charge in [-0.05, 0) is 114 Å². The Labute approximate surface area is 360 Å². The van der Waals surface area contributed by atoms with Gasteiger partial charge in [-0.15, -0.1) is 0 Å². The Bertz CT molecular complexity index is 2040. The van der Waals surface area contributed by atoms with Crippen LogP contribution >= 0.6 is 0 Å². The Morgan fingerprint density at radius 1 is 0.650 bits per heavy atom. The number of hydrogen-bond donors (Lipinski definition) is 1. The van der Waals surface area contributed by atoms with Crippen molar-refractivity contribution in [3.8, 4) is 40.1 Å². The second-order valence-corrected chi connectivity index (χ2v) is 17.7. The third-order valence-electron chi connectivity index (χ3n) is 13.1. The number of rotatable bonds is 16. The van der Waals surface area contributed by atoms with Crippen molar-refractivity contribution in [1.82, 2.24) is 0 Å². The molecule has 2 aliphatic rings. The van der Waals surface area contributed by atoms with Gasteiger partial charge in [-0.3, -0.25) is 4.79 Å². The molecule has 0 amide bonds. The molecular formula is C54H66N2O4. The number of carboxylic acids is 1. The van der Waals surface area contributed by atoms with Crippen LogP contribution in [0.15, 0.2) is 97.1 Å². The highest BCUT2D eigenvalue weighted by Crippen LogP contribution is 2.50. The number of carbonyl (C=O) groups excluding carboxylic acids is 1. The van der Waals surface area contributed by atoms with E-state index in [0.29, 0.717) is 30.9 Å². The summed E-state index contributed by atoms with van der Waals surface area (Å²) in [6, 6.07) is 37.7. The Morgan fingerprint density at radius 2 is 1.13 bits per heavy atom. The predicted octanol–water partition coefficient (Wildman–Crippen LogP) is 14.1. The van der Waals surface area contributed by atoms with Crippen LogP contribution in [-0.2, 0) is 22.4 Å². The lowest BCUT2D eigenvalue weighted by molar-refractivity contribution is -0.149. The summed E-state index contributed by atoms with van der Waals surface area (Å²) in [5.41, 5.74) is 5.93. The molecular weight excluding hydrogens is 741 g/mol. The van der Waals surface area contributed by atoms with Crippen LogP contribution in [0, 0.1) is 45.3 Å². The van der Waals surface area contributed by atoms with Gasteiger partial charge in [0.15, 0.2) is 10.8 Å². The summed E-state index contributed by atoms with van der Waals surface area (Å²) in [6.07, 6.45) is 17.8. The first-order chi connectivity index (χ1) is 29.1. The van der Waals surface area contributed by atoms with E-state index in [9.17, 15) is 25.2 Å². The molecule has 0 bridgehead atoms. The topological polar surface area (TPSA) is 111 Å². The number of ether oxygens (including phenoxy) is 1. The summed E-state index contributed by atoms with van der Waals surface area (Å²) in [4.78, 5) is 24.8. The molecule has 4 aromatic rings. The molecule has 6 rings (SSSR count). The van der Waals surface area contributed by atoms with E-state index in [1.807, 2.05) is 36.4 Å². The molecule has 0 aliphatic heterocycles. The lowest BCUT2D eigenvalue weighted by Crippen LogP contribution is -2.42. The molecule has 2 aliphatic carbocycles. The standard InChI is InChI=1S/C28H35NO2.C26H31NO2/c1-3-4-5-6-7-10-22-11-13-23(14-12-22)24-15-17-25(18-16-24)26-21(2)9-8-19-28(26,20-29)27(30)31;1-3-4-5-8-21-9-11-22(12-10-21)23-13-15-24(16-14-23)29-25(28)26(19-27)17-6-7-20(2)18-26/h11-18,21,26H,3-10,19H2,1-2H3,(H,30,31);9-16,20H,3-8,17-18H2,1-2H3. The average Bonchev–Trinajstić information content (AvgIpc) is 3.27. The van der Waals surface area contributed by atoms with Crippen molar-refractivity contribution >= 4 is 11.9 Å². The maximum Gasteiger partial charge on any atom is 0.331 e. The number of hydrogen-bond acceptors (Lipinski definition) is 5. The smallest absolute Gasteiger partial charge is 0.331 e. The van der Waals surface area contributed by atoms with Gasteiger partial charge in [-0.25, -0.2) is 4.79 Å². The van der Waals surface area contributed by atoms with Gasteiger partial charge in [0.1, 0.15) is 5.75 Å². The number of benzene rings is 4. The Morgan fingerprint density at radius 3 is 1.63 bits per heavy atom. The van der Waals surface area contributed by atoms with E-state index >= 15 is 0 Å². The Balaban J connectivity index is 0.000000228. The molecule has 316 valence electrons. The second kappa shape index (κ2) is 22.4. The quantitative estimate of drug-likeness (QED) is 0.0685. The number of nitriles is 2. The monoisotopic (exact) mass is 807 g/mol. The molecule has 5 atom stereocenters. The first kappa shape index (κ1) is 45.9. The third-order valence-corrected chi connectivity index (χ3v) is 13.1. The van der Waals surface area contributed by atoms with Crippen LogP contribution in [-0.4, -0.2) is 17.0 Å². The highest BCUT2D eigenvalue weighted by atomic mass is 16.5. The molecule has 0 radical (unpaired) electrons. The number of carboxylic acid groups (broad SMARTS) is 1. The number of esters is 1. The van der Waals surface area contributed by atoms with Crippen molar-refractivity contribution in [2.75, 3.05) is 0 Å². The van der Waals surface area contributed by atoms with Gasteiger partial charge in [0.05, 0.1) is 12.1 Å². The molecule has 6 nitrogen and oxygen atoms in total. The number of aryl methyl sites for hydroxylation is 2. The van der Waals surface area contributed by atoms with Crippen LogP contribution in [0.2, 0.25) is 0 Å². The fraction of sp³-hybridized carbons (Fsp3) is 0.481.